The normalized spacial score (nSPS) is 11.3. The Balaban J connectivity index is 0.000000509. The van der Waals surface area contributed by atoms with E-state index in [1.165, 1.54) is 0 Å². The summed E-state index contributed by atoms with van der Waals surface area (Å²) >= 11 is 0. The second kappa shape index (κ2) is 10.8. The lowest BCUT2D eigenvalue weighted by molar-refractivity contribution is -0.192. The van der Waals surface area contributed by atoms with E-state index in [0.717, 1.165) is 28.4 Å². The molecule has 2 aromatic heterocycles. The Morgan fingerprint density at radius 2 is 1.68 bits per heavy atom. The van der Waals surface area contributed by atoms with E-state index in [1.807, 2.05) is 24.3 Å². The van der Waals surface area contributed by atoms with Gasteiger partial charge in [-0.25, -0.2) is 19.7 Å². The molecule has 3 aromatic rings. The van der Waals surface area contributed by atoms with Crippen molar-refractivity contribution < 1.29 is 32.6 Å². The number of methoxy groups -OCH3 is 1. The van der Waals surface area contributed by atoms with E-state index >= 15 is 0 Å². The highest BCUT2D eigenvalue weighted by Crippen LogP contribution is 2.22. The molecule has 0 unspecified atom stereocenters. The number of benzene rings is 1. The minimum absolute atomic E-state index is 0.0681. The van der Waals surface area contributed by atoms with Gasteiger partial charge in [0.05, 0.1) is 25.5 Å². The van der Waals surface area contributed by atoms with Gasteiger partial charge in [0.1, 0.15) is 11.6 Å². The molecule has 0 fully saturated rings. The molecule has 1 amide bonds. The Hall–Kier alpha value is -3.96. The number of carbonyl (C=O) groups is 2. The van der Waals surface area contributed by atoms with E-state index < -0.39 is 12.1 Å². The first kappa shape index (κ1) is 26.3. The SMILES string of the molecule is COc1cccc(-c2cnc(C(=O)NCc3cnc(C(C)(C)C)[nH]3)nc2)c1.O=C(O)C(F)(F)F. The average Bonchev–Trinajstić information content (AvgIpc) is 3.27. The van der Waals surface area contributed by atoms with Crippen LogP contribution in [0.5, 0.6) is 5.75 Å². The third kappa shape index (κ3) is 7.57. The van der Waals surface area contributed by atoms with Crippen LogP contribution in [0.15, 0.2) is 42.9 Å². The van der Waals surface area contributed by atoms with Gasteiger partial charge in [0.2, 0.25) is 5.82 Å². The van der Waals surface area contributed by atoms with E-state index in [0.29, 0.717) is 6.54 Å². The summed E-state index contributed by atoms with van der Waals surface area (Å²) in [6.45, 7) is 6.56. The number of imidazole rings is 1. The number of aliphatic carboxylic acids is 1. The van der Waals surface area contributed by atoms with Crippen LogP contribution < -0.4 is 10.1 Å². The molecule has 0 saturated heterocycles. The Morgan fingerprint density at radius 3 is 2.18 bits per heavy atom. The van der Waals surface area contributed by atoms with Crippen LogP contribution in [0.1, 0.15) is 42.9 Å². The number of rotatable bonds is 5. The summed E-state index contributed by atoms with van der Waals surface area (Å²) in [7, 11) is 1.62. The molecule has 0 saturated carbocycles. The smallest absolute Gasteiger partial charge is 0.490 e. The second-order valence-corrected chi connectivity index (χ2v) is 8.02. The number of carboxylic acids is 1. The maximum Gasteiger partial charge on any atom is 0.490 e. The van der Waals surface area contributed by atoms with Crippen LogP contribution in [0.25, 0.3) is 11.1 Å². The number of hydrogen-bond acceptors (Lipinski definition) is 6. The number of aromatic nitrogens is 4. The molecule has 3 rings (SSSR count). The maximum atomic E-state index is 12.3. The second-order valence-electron chi connectivity index (χ2n) is 8.02. The van der Waals surface area contributed by atoms with Gasteiger partial charge in [-0.3, -0.25) is 4.79 Å². The van der Waals surface area contributed by atoms with Crippen LogP contribution in [0.3, 0.4) is 0 Å². The van der Waals surface area contributed by atoms with Crippen molar-refractivity contribution >= 4 is 11.9 Å². The highest BCUT2D eigenvalue weighted by molar-refractivity contribution is 5.90. The number of hydrogen-bond donors (Lipinski definition) is 3. The van der Waals surface area contributed by atoms with Crippen molar-refractivity contribution in [2.45, 2.75) is 38.9 Å². The van der Waals surface area contributed by atoms with Gasteiger partial charge in [0, 0.05) is 23.4 Å². The zero-order chi connectivity index (χ0) is 25.5. The standard InChI is InChI=1S/C20H23N5O2.C2HF3O2/c1-20(2,3)19-24-12-15(25-19)11-23-18(26)17-21-9-14(10-22-17)13-6-5-7-16(8-13)27-4;3-2(4,5)1(6)7/h5-10,12H,11H2,1-4H3,(H,23,26)(H,24,25);(H,6,7). The van der Waals surface area contributed by atoms with Crippen LogP contribution in [0.2, 0.25) is 0 Å². The van der Waals surface area contributed by atoms with Crippen molar-refractivity contribution in [2.24, 2.45) is 0 Å². The van der Waals surface area contributed by atoms with Crippen molar-refractivity contribution in [3.05, 3.63) is 60.2 Å². The number of nitrogens with zero attached hydrogens (tertiary/aromatic N) is 3. The van der Waals surface area contributed by atoms with E-state index in [4.69, 9.17) is 14.6 Å². The number of H-pyrrole nitrogens is 1. The number of halogens is 3. The Labute approximate surface area is 193 Å². The predicted octanol–water partition coefficient (Wildman–Crippen LogP) is 3.74. The molecular formula is C22H24F3N5O4. The van der Waals surface area contributed by atoms with E-state index in [9.17, 15) is 18.0 Å². The molecule has 0 atom stereocenters. The quantitative estimate of drug-likeness (QED) is 0.508. The van der Waals surface area contributed by atoms with Gasteiger partial charge in [-0.2, -0.15) is 13.2 Å². The van der Waals surface area contributed by atoms with Crippen LogP contribution in [0.4, 0.5) is 13.2 Å². The Bertz CT molecular complexity index is 1120. The molecule has 1 aromatic carbocycles. The summed E-state index contributed by atoms with van der Waals surface area (Å²) < 4.78 is 37.0. The first-order chi connectivity index (χ1) is 15.8. The summed E-state index contributed by atoms with van der Waals surface area (Å²) in [4.78, 5) is 37.1. The molecular weight excluding hydrogens is 455 g/mol. The highest BCUT2D eigenvalue weighted by atomic mass is 19.4. The Kier molecular flexibility index (Phi) is 8.33. The average molecular weight is 479 g/mol. The topological polar surface area (TPSA) is 130 Å². The van der Waals surface area contributed by atoms with Crippen molar-refractivity contribution in [1.82, 2.24) is 25.3 Å². The third-order valence-electron chi connectivity index (χ3n) is 4.28. The van der Waals surface area contributed by atoms with Gasteiger partial charge in [-0.1, -0.05) is 32.9 Å². The lowest BCUT2D eigenvalue weighted by Crippen LogP contribution is -2.25. The largest absolute Gasteiger partial charge is 0.497 e. The van der Waals surface area contributed by atoms with E-state index in [-0.39, 0.29) is 17.1 Å². The molecule has 0 aliphatic carbocycles. The lowest BCUT2D eigenvalue weighted by Gasteiger charge is -2.14. The molecule has 182 valence electrons. The van der Waals surface area contributed by atoms with Crippen molar-refractivity contribution in [3.63, 3.8) is 0 Å². The zero-order valence-electron chi connectivity index (χ0n) is 18.9. The number of nitrogens with one attached hydrogen (secondary N) is 2. The summed E-state index contributed by atoms with van der Waals surface area (Å²) in [6.07, 6.45) is -0.0945. The number of carbonyl (C=O) groups excluding carboxylic acids is 1. The van der Waals surface area contributed by atoms with Crippen molar-refractivity contribution in [3.8, 4) is 16.9 Å². The van der Waals surface area contributed by atoms with Crippen molar-refractivity contribution in [2.75, 3.05) is 7.11 Å². The lowest BCUT2D eigenvalue weighted by atomic mass is 9.96. The molecule has 0 radical (unpaired) electrons. The summed E-state index contributed by atoms with van der Waals surface area (Å²) in [5.74, 6) is -1.34. The molecule has 2 heterocycles. The number of aromatic amines is 1. The van der Waals surface area contributed by atoms with Gasteiger partial charge in [0.15, 0.2) is 0 Å². The fraction of sp³-hybridized carbons (Fsp3) is 0.318. The first-order valence-corrected chi connectivity index (χ1v) is 9.90. The first-order valence-electron chi connectivity index (χ1n) is 9.90. The van der Waals surface area contributed by atoms with Gasteiger partial charge in [0.25, 0.3) is 5.91 Å². The molecule has 12 heteroatoms. The Morgan fingerprint density at radius 1 is 1.06 bits per heavy atom. The molecule has 0 bridgehead atoms. The number of alkyl halides is 3. The number of carboxylic acid groups (broad SMARTS) is 1. The predicted molar refractivity (Wildman–Crippen MR) is 116 cm³/mol. The molecule has 9 nitrogen and oxygen atoms in total. The zero-order valence-corrected chi connectivity index (χ0v) is 18.9. The number of ether oxygens (including phenoxy) is 1. The summed E-state index contributed by atoms with van der Waals surface area (Å²) in [5, 5.41) is 9.93. The minimum atomic E-state index is -5.08. The molecule has 3 N–H and O–H groups in total. The molecule has 0 spiro atoms. The van der Waals surface area contributed by atoms with Crippen LogP contribution >= 0.6 is 0 Å². The fourth-order valence-electron chi connectivity index (χ4n) is 2.48. The molecule has 0 aliphatic rings. The highest BCUT2D eigenvalue weighted by Gasteiger charge is 2.38. The summed E-state index contributed by atoms with van der Waals surface area (Å²) in [5.41, 5.74) is 2.50. The van der Waals surface area contributed by atoms with Gasteiger partial charge < -0.3 is 20.1 Å². The number of amides is 1. The monoisotopic (exact) mass is 479 g/mol. The maximum absolute atomic E-state index is 12.3. The van der Waals surface area contributed by atoms with E-state index in [1.54, 1.807) is 25.7 Å². The van der Waals surface area contributed by atoms with Gasteiger partial charge in [-0.05, 0) is 17.7 Å². The molecule has 34 heavy (non-hydrogen) atoms. The summed E-state index contributed by atoms with van der Waals surface area (Å²) in [6, 6.07) is 7.59. The van der Waals surface area contributed by atoms with Gasteiger partial charge in [-0.15, -0.1) is 0 Å². The van der Waals surface area contributed by atoms with Crippen LogP contribution in [-0.2, 0) is 16.8 Å². The third-order valence-corrected chi connectivity index (χ3v) is 4.28. The van der Waals surface area contributed by atoms with Crippen LogP contribution in [-0.4, -0.2) is 50.2 Å². The van der Waals surface area contributed by atoms with E-state index in [2.05, 4.69) is 46.0 Å². The molecule has 0 aliphatic heterocycles. The van der Waals surface area contributed by atoms with Crippen molar-refractivity contribution in [1.29, 1.82) is 0 Å². The minimum Gasteiger partial charge on any atom is -0.497 e. The van der Waals surface area contributed by atoms with Crippen LogP contribution in [0, 0.1) is 0 Å². The van der Waals surface area contributed by atoms with Gasteiger partial charge >= 0.3 is 12.1 Å². The fourth-order valence-corrected chi connectivity index (χ4v) is 2.48.